The summed E-state index contributed by atoms with van der Waals surface area (Å²) in [5.74, 6) is 0.00767. The molecule has 0 bridgehead atoms. The SMILES string of the molecule is Cc1nc(C)c(C(=O)N2CCc3c(C(=O)N4CCCN(C)CC4)n[nH]c3C2)s1.O=CO. The summed E-state index contributed by atoms with van der Waals surface area (Å²) < 4.78 is 0. The van der Waals surface area contributed by atoms with Crippen LogP contribution in [0.1, 0.15) is 48.5 Å². The number of nitrogens with zero attached hydrogens (tertiary/aromatic N) is 5. The molecule has 0 saturated carbocycles. The average molecular weight is 449 g/mol. The predicted octanol–water partition coefficient (Wildman–Crippen LogP) is 1.16. The Morgan fingerprint density at radius 3 is 2.52 bits per heavy atom. The molecule has 168 valence electrons. The summed E-state index contributed by atoms with van der Waals surface area (Å²) in [5, 5.41) is 15.1. The van der Waals surface area contributed by atoms with Crippen molar-refractivity contribution in [3.8, 4) is 0 Å². The molecule has 31 heavy (non-hydrogen) atoms. The molecule has 0 aliphatic carbocycles. The lowest BCUT2D eigenvalue weighted by atomic mass is 10.0. The van der Waals surface area contributed by atoms with Gasteiger partial charge in [0.25, 0.3) is 18.3 Å². The van der Waals surface area contributed by atoms with Crippen LogP contribution in [-0.2, 0) is 17.8 Å². The fourth-order valence-electron chi connectivity index (χ4n) is 3.94. The van der Waals surface area contributed by atoms with Crippen LogP contribution in [0.3, 0.4) is 0 Å². The normalized spacial score (nSPS) is 16.7. The number of fused-ring (bicyclic) bond motifs is 1. The fourth-order valence-corrected chi connectivity index (χ4v) is 4.83. The van der Waals surface area contributed by atoms with E-state index in [1.807, 2.05) is 23.6 Å². The van der Waals surface area contributed by atoms with Crippen LogP contribution >= 0.6 is 11.3 Å². The Kier molecular flexibility index (Phi) is 7.39. The number of carbonyl (C=O) groups is 3. The van der Waals surface area contributed by atoms with E-state index in [0.29, 0.717) is 30.1 Å². The van der Waals surface area contributed by atoms with Crippen molar-refractivity contribution in [2.24, 2.45) is 0 Å². The van der Waals surface area contributed by atoms with E-state index in [-0.39, 0.29) is 18.3 Å². The van der Waals surface area contributed by atoms with Gasteiger partial charge in [0.1, 0.15) is 4.88 Å². The second-order valence-corrected chi connectivity index (χ2v) is 8.91. The monoisotopic (exact) mass is 448 g/mol. The van der Waals surface area contributed by atoms with Gasteiger partial charge in [0.15, 0.2) is 5.69 Å². The van der Waals surface area contributed by atoms with Crippen LogP contribution in [0.5, 0.6) is 0 Å². The fraction of sp³-hybridized carbons (Fsp3) is 0.550. The van der Waals surface area contributed by atoms with E-state index >= 15 is 0 Å². The van der Waals surface area contributed by atoms with E-state index in [9.17, 15) is 9.59 Å². The highest BCUT2D eigenvalue weighted by molar-refractivity contribution is 7.13. The third-order valence-corrected chi connectivity index (χ3v) is 6.59. The van der Waals surface area contributed by atoms with Crippen LogP contribution in [0, 0.1) is 13.8 Å². The minimum absolute atomic E-state index is 0.00139. The number of carboxylic acid groups (broad SMARTS) is 1. The highest BCUT2D eigenvalue weighted by Gasteiger charge is 2.31. The molecule has 1 fully saturated rings. The lowest BCUT2D eigenvalue weighted by Gasteiger charge is -2.27. The number of likely N-dealkylation sites (N-methyl/N-ethyl adjacent to an activating group) is 1. The maximum atomic E-state index is 13.0. The van der Waals surface area contributed by atoms with Crippen molar-refractivity contribution in [1.82, 2.24) is 29.9 Å². The summed E-state index contributed by atoms with van der Waals surface area (Å²) in [7, 11) is 2.09. The van der Waals surface area contributed by atoms with E-state index < -0.39 is 0 Å². The van der Waals surface area contributed by atoms with Crippen LogP contribution in [-0.4, -0.2) is 93.0 Å². The Balaban J connectivity index is 0.000000858. The maximum Gasteiger partial charge on any atom is 0.290 e. The maximum absolute atomic E-state index is 13.0. The van der Waals surface area contributed by atoms with Crippen molar-refractivity contribution in [3.63, 3.8) is 0 Å². The average Bonchev–Trinajstić information content (AvgIpc) is 3.23. The number of hydrogen-bond acceptors (Lipinski definition) is 7. The summed E-state index contributed by atoms with van der Waals surface area (Å²) >= 11 is 1.44. The molecule has 0 spiro atoms. The summed E-state index contributed by atoms with van der Waals surface area (Å²) in [6, 6.07) is 0. The number of aryl methyl sites for hydroxylation is 2. The number of aromatic nitrogens is 3. The van der Waals surface area contributed by atoms with Crippen LogP contribution in [0.2, 0.25) is 0 Å². The first-order valence-corrected chi connectivity index (χ1v) is 11.0. The Morgan fingerprint density at radius 2 is 1.84 bits per heavy atom. The molecular weight excluding hydrogens is 420 g/mol. The molecule has 4 heterocycles. The molecule has 11 heteroatoms. The molecule has 1 saturated heterocycles. The molecule has 2 aliphatic heterocycles. The summed E-state index contributed by atoms with van der Waals surface area (Å²) in [5.41, 5.74) is 3.14. The van der Waals surface area contributed by atoms with Gasteiger partial charge in [0.2, 0.25) is 0 Å². The third-order valence-electron chi connectivity index (χ3n) is 5.53. The van der Waals surface area contributed by atoms with E-state index in [2.05, 4.69) is 27.1 Å². The van der Waals surface area contributed by atoms with Gasteiger partial charge in [-0.15, -0.1) is 11.3 Å². The van der Waals surface area contributed by atoms with Crippen molar-refractivity contribution in [3.05, 3.63) is 32.5 Å². The number of H-pyrrole nitrogens is 1. The molecule has 4 rings (SSSR count). The van der Waals surface area contributed by atoms with Gasteiger partial charge in [-0.3, -0.25) is 19.5 Å². The molecule has 10 nitrogen and oxygen atoms in total. The molecular formula is C20H28N6O4S. The number of aromatic amines is 1. The van der Waals surface area contributed by atoms with E-state index in [1.165, 1.54) is 11.3 Å². The molecule has 2 aliphatic rings. The molecule has 2 aromatic heterocycles. The van der Waals surface area contributed by atoms with Crippen molar-refractivity contribution in [2.75, 3.05) is 39.8 Å². The molecule has 0 radical (unpaired) electrons. The molecule has 0 aromatic carbocycles. The standard InChI is InChI=1S/C19H26N6O2S.CH2O2/c1-12-17(28-13(2)20-12)19(27)25-8-5-14-15(11-25)21-22-16(14)18(26)24-7-4-6-23(3)9-10-24;2-1-3/h4-11H2,1-3H3,(H,21,22);1H,(H,2,3). The molecule has 0 unspecified atom stereocenters. The summed E-state index contributed by atoms with van der Waals surface area (Å²) in [6.07, 6.45) is 1.62. The Bertz CT molecular complexity index is 956. The zero-order valence-electron chi connectivity index (χ0n) is 18.1. The number of nitrogens with one attached hydrogen (secondary N) is 1. The van der Waals surface area contributed by atoms with E-state index in [4.69, 9.17) is 9.90 Å². The topological polar surface area (TPSA) is 123 Å². The van der Waals surface area contributed by atoms with Crippen LogP contribution in [0.25, 0.3) is 0 Å². The number of rotatable bonds is 2. The smallest absolute Gasteiger partial charge is 0.290 e. The molecule has 0 atom stereocenters. The van der Waals surface area contributed by atoms with Crippen molar-refractivity contribution in [2.45, 2.75) is 33.2 Å². The van der Waals surface area contributed by atoms with E-state index in [1.54, 1.807) is 0 Å². The van der Waals surface area contributed by atoms with Crippen molar-refractivity contribution < 1.29 is 19.5 Å². The van der Waals surface area contributed by atoms with Crippen molar-refractivity contribution in [1.29, 1.82) is 0 Å². The van der Waals surface area contributed by atoms with Crippen LogP contribution in [0.4, 0.5) is 0 Å². The van der Waals surface area contributed by atoms with Gasteiger partial charge in [-0.05, 0) is 40.3 Å². The first-order chi connectivity index (χ1) is 14.8. The zero-order chi connectivity index (χ0) is 22.5. The lowest BCUT2D eigenvalue weighted by molar-refractivity contribution is -0.122. The number of thiazole rings is 1. The number of amides is 2. The second-order valence-electron chi connectivity index (χ2n) is 7.71. The van der Waals surface area contributed by atoms with Gasteiger partial charge in [-0.2, -0.15) is 5.10 Å². The van der Waals surface area contributed by atoms with Crippen LogP contribution in [0.15, 0.2) is 0 Å². The van der Waals surface area contributed by atoms with Crippen LogP contribution < -0.4 is 0 Å². The number of hydrogen-bond donors (Lipinski definition) is 2. The highest BCUT2D eigenvalue weighted by Crippen LogP contribution is 2.25. The first-order valence-electron chi connectivity index (χ1n) is 10.2. The van der Waals surface area contributed by atoms with Gasteiger partial charge in [-0.1, -0.05) is 0 Å². The first kappa shape index (κ1) is 22.9. The van der Waals surface area contributed by atoms with Gasteiger partial charge >= 0.3 is 0 Å². The van der Waals surface area contributed by atoms with E-state index in [0.717, 1.165) is 54.6 Å². The molecule has 2 aromatic rings. The Labute approximate surface area is 184 Å². The lowest BCUT2D eigenvalue weighted by Crippen LogP contribution is -2.38. The van der Waals surface area contributed by atoms with Crippen molar-refractivity contribution >= 4 is 29.6 Å². The van der Waals surface area contributed by atoms with Gasteiger partial charge < -0.3 is 19.8 Å². The molecule has 2 N–H and O–H groups in total. The zero-order valence-corrected chi connectivity index (χ0v) is 18.9. The largest absolute Gasteiger partial charge is 0.483 e. The van der Waals surface area contributed by atoms with Gasteiger partial charge in [-0.25, -0.2) is 4.98 Å². The minimum atomic E-state index is -0.250. The van der Waals surface area contributed by atoms with Gasteiger partial charge in [0.05, 0.1) is 22.9 Å². The summed E-state index contributed by atoms with van der Waals surface area (Å²) in [4.78, 5) is 45.3. The Hall–Kier alpha value is -2.79. The third kappa shape index (κ3) is 5.10. The highest BCUT2D eigenvalue weighted by atomic mass is 32.1. The summed E-state index contributed by atoms with van der Waals surface area (Å²) in [6.45, 7) is 7.96. The molecule has 2 amide bonds. The Morgan fingerprint density at radius 1 is 1.10 bits per heavy atom. The second kappa shape index (κ2) is 10.0. The minimum Gasteiger partial charge on any atom is -0.483 e. The quantitative estimate of drug-likeness (QED) is 0.661. The van der Waals surface area contributed by atoms with Gasteiger partial charge in [0, 0.05) is 31.7 Å². The predicted molar refractivity (Wildman–Crippen MR) is 115 cm³/mol. The number of carbonyl (C=O) groups excluding carboxylic acids is 2.